The zero-order valence-corrected chi connectivity index (χ0v) is 7.66. The van der Waals surface area contributed by atoms with Crippen LogP contribution in [0.2, 0.25) is 0 Å². The molecule has 1 aliphatic heterocycles. The number of aliphatic hydroxyl groups excluding tert-OH is 1. The first kappa shape index (κ1) is 9.92. The maximum Gasteiger partial charge on any atom is 0.249 e. The monoisotopic (exact) mass is 182 g/mol. The Bertz CT molecular complexity index is 246. The fourth-order valence-corrected chi connectivity index (χ4v) is 0.943. The van der Waals surface area contributed by atoms with Crippen LogP contribution in [0.25, 0.3) is 0 Å². The summed E-state index contributed by atoms with van der Waals surface area (Å²) in [6, 6.07) is 0. The van der Waals surface area contributed by atoms with Crippen molar-refractivity contribution in [3.8, 4) is 0 Å². The average Bonchev–Trinajstić information content (AvgIpc) is 2.66. The van der Waals surface area contributed by atoms with Gasteiger partial charge in [0.15, 0.2) is 0 Å². The van der Waals surface area contributed by atoms with Crippen LogP contribution in [0.15, 0.2) is 16.8 Å². The van der Waals surface area contributed by atoms with Gasteiger partial charge in [-0.2, -0.15) is 0 Å². The maximum atomic E-state index is 11.3. The quantitative estimate of drug-likeness (QED) is 0.647. The van der Waals surface area contributed by atoms with E-state index in [2.05, 4.69) is 10.3 Å². The van der Waals surface area contributed by atoms with Crippen LogP contribution in [-0.4, -0.2) is 30.4 Å². The number of hydrogen-bond donors (Lipinski definition) is 2. The number of carbonyl (C=O) groups excluding carboxylic acids is 1. The van der Waals surface area contributed by atoms with Crippen molar-refractivity contribution >= 4 is 12.1 Å². The summed E-state index contributed by atoms with van der Waals surface area (Å²) in [6.07, 6.45) is 3.88. The molecule has 4 heteroatoms. The Labute approximate surface area is 77.4 Å². The molecule has 0 saturated heterocycles. The van der Waals surface area contributed by atoms with E-state index in [0.717, 1.165) is 0 Å². The number of carbonyl (C=O) groups is 1. The van der Waals surface area contributed by atoms with E-state index in [1.54, 1.807) is 12.4 Å². The first-order chi connectivity index (χ1) is 6.24. The molecule has 13 heavy (non-hydrogen) atoms. The van der Waals surface area contributed by atoms with Crippen LogP contribution in [0, 0.1) is 5.92 Å². The molecule has 72 valence electrons. The van der Waals surface area contributed by atoms with E-state index in [1.165, 1.54) is 0 Å². The maximum absolute atomic E-state index is 11.3. The minimum absolute atomic E-state index is 0.0854. The molecule has 0 radical (unpaired) electrons. The molecule has 1 atom stereocenters. The molecule has 0 fully saturated rings. The van der Waals surface area contributed by atoms with Crippen LogP contribution < -0.4 is 5.32 Å². The van der Waals surface area contributed by atoms with Crippen molar-refractivity contribution in [2.24, 2.45) is 10.9 Å². The predicted molar refractivity (Wildman–Crippen MR) is 50.5 cm³/mol. The summed E-state index contributed by atoms with van der Waals surface area (Å²) in [5, 5.41) is 11.5. The molecule has 1 heterocycles. The number of nitrogens with zero attached hydrogens (tertiary/aromatic N) is 1. The standard InChI is InChI=1S/C9H14N2O2/c1-7(6-12)4-11-9(13)8-2-3-10-5-8/h3,5,7,12H,2,4,6H2,1H3,(H,11,13). The summed E-state index contributed by atoms with van der Waals surface area (Å²) in [5.74, 6) is 0.0182. The molecule has 0 aromatic heterocycles. The van der Waals surface area contributed by atoms with Crippen molar-refractivity contribution in [1.82, 2.24) is 5.32 Å². The second-order valence-corrected chi connectivity index (χ2v) is 3.19. The topological polar surface area (TPSA) is 61.7 Å². The summed E-state index contributed by atoms with van der Waals surface area (Å²) in [4.78, 5) is 15.2. The third kappa shape index (κ3) is 2.99. The van der Waals surface area contributed by atoms with Gasteiger partial charge in [-0.25, -0.2) is 0 Å². The van der Waals surface area contributed by atoms with E-state index < -0.39 is 0 Å². The van der Waals surface area contributed by atoms with Crippen LogP contribution in [-0.2, 0) is 4.79 Å². The second kappa shape index (κ2) is 4.77. The number of hydrogen-bond acceptors (Lipinski definition) is 3. The fourth-order valence-electron chi connectivity index (χ4n) is 0.943. The lowest BCUT2D eigenvalue weighted by molar-refractivity contribution is -0.117. The normalized spacial score (nSPS) is 16.9. The summed E-state index contributed by atoms with van der Waals surface area (Å²) in [6.45, 7) is 2.47. The van der Waals surface area contributed by atoms with Crippen molar-refractivity contribution in [3.05, 3.63) is 11.8 Å². The number of nitrogens with one attached hydrogen (secondary N) is 1. The van der Waals surface area contributed by atoms with Gasteiger partial charge in [0.1, 0.15) is 0 Å². The second-order valence-electron chi connectivity index (χ2n) is 3.19. The highest BCUT2D eigenvalue weighted by molar-refractivity contribution is 5.97. The molecule has 0 aromatic rings. The van der Waals surface area contributed by atoms with Gasteiger partial charge in [-0.15, -0.1) is 0 Å². The van der Waals surface area contributed by atoms with Gasteiger partial charge in [0.25, 0.3) is 0 Å². The number of aliphatic imine (C=N–C) groups is 1. The van der Waals surface area contributed by atoms with Crippen LogP contribution in [0.1, 0.15) is 13.3 Å². The van der Waals surface area contributed by atoms with Gasteiger partial charge in [0, 0.05) is 37.6 Å². The molecule has 1 unspecified atom stereocenters. The van der Waals surface area contributed by atoms with E-state index >= 15 is 0 Å². The smallest absolute Gasteiger partial charge is 0.249 e. The molecule has 0 spiro atoms. The molecule has 1 amide bonds. The van der Waals surface area contributed by atoms with Gasteiger partial charge in [0.2, 0.25) is 5.91 Å². The Kier molecular flexibility index (Phi) is 3.64. The predicted octanol–water partition coefficient (Wildman–Crippen LogP) is 0.0894. The van der Waals surface area contributed by atoms with Crippen LogP contribution in [0.4, 0.5) is 0 Å². The van der Waals surface area contributed by atoms with E-state index in [0.29, 0.717) is 18.5 Å². The molecule has 4 nitrogen and oxygen atoms in total. The lowest BCUT2D eigenvalue weighted by Gasteiger charge is -2.09. The zero-order valence-electron chi connectivity index (χ0n) is 7.66. The van der Waals surface area contributed by atoms with Crippen molar-refractivity contribution in [2.45, 2.75) is 13.3 Å². The van der Waals surface area contributed by atoms with Crippen LogP contribution in [0.3, 0.4) is 0 Å². The summed E-state index contributed by atoms with van der Waals surface area (Å²) in [7, 11) is 0. The average molecular weight is 182 g/mol. The van der Waals surface area contributed by atoms with Crippen LogP contribution >= 0.6 is 0 Å². The molecular weight excluding hydrogens is 168 g/mol. The van der Waals surface area contributed by atoms with Crippen molar-refractivity contribution in [2.75, 3.05) is 13.2 Å². The van der Waals surface area contributed by atoms with E-state index in [-0.39, 0.29) is 18.4 Å². The first-order valence-corrected chi connectivity index (χ1v) is 4.33. The summed E-state index contributed by atoms with van der Waals surface area (Å²) < 4.78 is 0. The third-order valence-electron chi connectivity index (χ3n) is 1.86. The van der Waals surface area contributed by atoms with Gasteiger partial charge < -0.3 is 10.4 Å². The lowest BCUT2D eigenvalue weighted by atomic mass is 10.2. The van der Waals surface area contributed by atoms with E-state index in [1.807, 2.05) is 6.92 Å². The molecule has 0 saturated carbocycles. The Balaban J connectivity index is 2.26. The van der Waals surface area contributed by atoms with Gasteiger partial charge in [0.05, 0.1) is 0 Å². The lowest BCUT2D eigenvalue weighted by Crippen LogP contribution is -2.30. The Hall–Kier alpha value is -1.16. The Morgan fingerprint density at radius 3 is 3.15 bits per heavy atom. The van der Waals surface area contributed by atoms with Gasteiger partial charge in [-0.1, -0.05) is 6.92 Å². The van der Waals surface area contributed by atoms with Gasteiger partial charge in [-0.05, 0) is 5.92 Å². The van der Waals surface area contributed by atoms with Crippen molar-refractivity contribution < 1.29 is 9.90 Å². The molecule has 0 aromatic carbocycles. The molecule has 1 rings (SSSR count). The molecule has 0 aliphatic carbocycles. The number of rotatable bonds is 4. The highest BCUT2D eigenvalue weighted by Crippen LogP contribution is 2.05. The van der Waals surface area contributed by atoms with Crippen LogP contribution in [0.5, 0.6) is 0 Å². The molecule has 1 aliphatic rings. The first-order valence-electron chi connectivity index (χ1n) is 4.33. The highest BCUT2D eigenvalue weighted by Gasteiger charge is 2.11. The highest BCUT2D eigenvalue weighted by atomic mass is 16.3. The number of amides is 1. The summed E-state index contributed by atoms with van der Waals surface area (Å²) in [5.41, 5.74) is 0.685. The minimum Gasteiger partial charge on any atom is -0.396 e. The molecule has 0 bridgehead atoms. The summed E-state index contributed by atoms with van der Waals surface area (Å²) >= 11 is 0. The zero-order chi connectivity index (χ0) is 9.68. The number of aliphatic hydroxyl groups is 1. The fraction of sp³-hybridized carbons (Fsp3) is 0.556. The van der Waals surface area contributed by atoms with Gasteiger partial charge >= 0.3 is 0 Å². The molecular formula is C9H14N2O2. The van der Waals surface area contributed by atoms with E-state index in [9.17, 15) is 4.79 Å². The Morgan fingerprint density at radius 1 is 1.85 bits per heavy atom. The SMILES string of the molecule is CC(CO)CNC(=O)C1=CN=CC1. The van der Waals surface area contributed by atoms with E-state index in [4.69, 9.17) is 5.11 Å². The largest absolute Gasteiger partial charge is 0.396 e. The molecule has 2 N–H and O–H groups in total. The third-order valence-corrected chi connectivity index (χ3v) is 1.86. The minimum atomic E-state index is -0.0854. The van der Waals surface area contributed by atoms with Crippen molar-refractivity contribution in [1.29, 1.82) is 0 Å². The van der Waals surface area contributed by atoms with Crippen molar-refractivity contribution in [3.63, 3.8) is 0 Å². The Morgan fingerprint density at radius 2 is 2.62 bits per heavy atom. The van der Waals surface area contributed by atoms with Gasteiger partial charge in [-0.3, -0.25) is 9.79 Å².